The number of nitrogens with zero attached hydrogens (tertiary/aromatic N) is 1. The fourth-order valence-electron chi connectivity index (χ4n) is 2.53. The van der Waals surface area contributed by atoms with Crippen molar-refractivity contribution in [1.82, 2.24) is 4.83 Å². The summed E-state index contributed by atoms with van der Waals surface area (Å²) in [4.78, 5) is 2.12. The van der Waals surface area contributed by atoms with Crippen molar-refractivity contribution in [2.45, 2.75) is 11.8 Å². The molecule has 0 aliphatic carbocycles. The summed E-state index contributed by atoms with van der Waals surface area (Å²) in [6.45, 7) is 1.64. The molecule has 2 rings (SSSR count). The third-order valence-corrected chi connectivity index (χ3v) is 5.31. The van der Waals surface area contributed by atoms with Gasteiger partial charge >= 0.3 is 0 Å². The number of sulfonamides is 1. The normalized spacial score (nSPS) is 11.6. The number of hydrogen-bond donors (Lipinski definition) is 1. The molecule has 0 unspecified atom stereocenters. The predicted molar refractivity (Wildman–Crippen MR) is 108 cm³/mol. The van der Waals surface area contributed by atoms with Gasteiger partial charge in [-0.1, -0.05) is 0 Å². The molecule has 0 saturated carbocycles. The topological polar surface area (TPSA) is 105 Å². The first-order valence-corrected chi connectivity index (χ1v) is 9.88. The van der Waals surface area contributed by atoms with Gasteiger partial charge in [0.25, 0.3) is 10.0 Å². The Morgan fingerprint density at radius 2 is 1.41 bits per heavy atom. The summed E-state index contributed by atoms with van der Waals surface area (Å²) in [5.41, 5.74) is 0.967. The molecule has 0 heterocycles. The van der Waals surface area contributed by atoms with Crippen LogP contribution in [-0.4, -0.2) is 49.7 Å². The standard InChI is InChI=1S/C19H24N2O7S/c1-12(13-9-16(26-4)19(28-6)17(10-13)27-5)20-21-29(22,23)18-11-14(24-2)7-8-15(18)25-3/h7-11,21H,1-6H3/b20-12+. The van der Waals surface area contributed by atoms with Crippen molar-refractivity contribution in [2.75, 3.05) is 35.5 Å². The Labute approximate surface area is 170 Å². The second-order valence-electron chi connectivity index (χ2n) is 5.72. The van der Waals surface area contributed by atoms with Gasteiger partial charge in [-0.15, -0.1) is 0 Å². The number of ether oxygens (including phenoxy) is 5. The fourth-order valence-corrected chi connectivity index (χ4v) is 3.57. The summed E-state index contributed by atoms with van der Waals surface area (Å²) in [7, 11) is 3.29. The number of nitrogens with one attached hydrogen (secondary N) is 1. The highest BCUT2D eigenvalue weighted by molar-refractivity contribution is 7.89. The maximum absolute atomic E-state index is 12.7. The van der Waals surface area contributed by atoms with E-state index in [1.807, 2.05) is 0 Å². The minimum atomic E-state index is -4.01. The Morgan fingerprint density at radius 3 is 1.90 bits per heavy atom. The van der Waals surface area contributed by atoms with Crippen LogP contribution >= 0.6 is 0 Å². The molecule has 0 aromatic heterocycles. The van der Waals surface area contributed by atoms with Gasteiger partial charge in [0.1, 0.15) is 16.4 Å². The first kappa shape index (κ1) is 22.2. The Balaban J connectivity index is 2.41. The van der Waals surface area contributed by atoms with Crippen LogP contribution in [0.2, 0.25) is 0 Å². The molecule has 158 valence electrons. The van der Waals surface area contributed by atoms with Crippen molar-refractivity contribution in [3.63, 3.8) is 0 Å². The average molecular weight is 424 g/mol. The van der Waals surface area contributed by atoms with Gasteiger partial charge in [0.15, 0.2) is 11.5 Å². The first-order chi connectivity index (χ1) is 13.8. The van der Waals surface area contributed by atoms with Gasteiger partial charge in [-0.05, 0) is 31.2 Å². The van der Waals surface area contributed by atoms with Crippen molar-refractivity contribution in [3.05, 3.63) is 35.9 Å². The van der Waals surface area contributed by atoms with Gasteiger partial charge in [-0.3, -0.25) is 0 Å². The number of hydrogen-bond acceptors (Lipinski definition) is 8. The lowest BCUT2D eigenvalue weighted by Crippen LogP contribution is -2.20. The van der Waals surface area contributed by atoms with Crippen molar-refractivity contribution in [1.29, 1.82) is 0 Å². The molecule has 10 heteroatoms. The minimum Gasteiger partial charge on any atom is -0.497 e. The highest BCUT2D eigenvalue weighted by Gasteiger charge is 2.21. The van der Waals surface area contributed by atoms with Crippen LogP contribution in [-0.2, 0) is 10.0 Å². The maximum Gasteiger partial charge on any atom is 0.280 e. The summed E-state index contributed by atoms with van der Waals surface area (Å²) in [5, 5.41) is 4.01. The molecule has 9 nitrogen and oxygen atoms in total. The molecule has 0 bridgehead atoms. The Kier molecular flexibility index (Phi) is 7.16. The summed E-state index contributed by atoms with van der Waals surface area (Å²) in [5.74, 6) is 1.81. The van der Waals surface area contributed by atoms with Crippen LogP contribution in [0.25, 0.3) is 0 Å². The Bertz CT molecular complexity index is 979. The molecule has 0 saturated heterocycles. The van der Waals surface area contributed by atoms with E-state index in [1.165, 1.54) is 47.7 Å². The van der Waals surface area contributed by atoms with Gasteiger partial charge in [-0.2, -0.15) is 18.4 Å². The van der Waals surface area contributed by atoms with E-state index in [0.717, 1.165) is 0 Å². The van der Waals surface area contributed by atoms with Crippen LogP contribution in [0, 0.1) is 0 Å². The quantitative estimate of drug-likeness (QED) is 0.487. The van der Waals surface area contributed by atoms with Crippen LogP contribution in [0.1, 0.15) is 12.5 Å². The molecular formula is C19H24N2O7S. The van der Waals surface area contributed by atoms with Crippen LogP contribution in [0.4, 0.5) is 0 Å². The zero-order valence-electron chi connectivity index (χ0n) is 17.1. The highest BCUT2D eigenvalue weighted by atomic mass is 32.2. The molecule has 2 aromatic rings. The van der Waals surface area contributed by atoms with Crippen molar-refractivity contribution in [2.24, 2.45) is 5.10 Å². The third-order valence-electron chi connectivity index (χ3n) is 4.08. The molecule has 0 atom stereocenters. The molecule has 0 spiro atoms. The van der Waals surface area contributed by atoms with Gasteiger partial charge in [-0.25, -0.2) is 0 Å². The monoisotopic (exact) mass is 424 g/mol. The SMILES string of the molecule is COc1ccc(OC)c(S(=O)(=O)N/N=C(\C)c2cc(OC)c(OC)c(OC)c2)c1. The minimum absolute atomic E-state index is 0.0965. The van der Waals surface area contributed by atoms with E-state index < -0.39 is 10.0 Å². The summed E-state index contributed by atoms with van der Waals surface area (Å²) in [6.07, 6.45) is 0. The first-order valence-electron chi connectivity index (χ1n) is 8.39. The highest BCUT2D eigenvalue weighted by Crippen LogP contribution is 2.38. The lowest BCUT2D eigenvalue weighted by molar-refractivity contribution is 0.324. The average Bonchev–Trinajstić information content (AvgIpc) is 2.75. The molecule has 0 aliphatic rings. The number of hydrazone groups is 1. The van der Waals surface area contributed by atoms with Crippen molar-refractivity contribution < 1.29 is 32.1 Å². The Hall–Kier alpha value is -3.14. The van der Waals surface area contributed by atoms with Crippen LogP contribution in [0.3, 0.4) is 0 Å². The van der Waals surface area contributed by atoms with E-state index in [1.54, 1.807) is 25.1 Å². The fraction of sp³-hybridized carbons (Fsp3) is 0.316. The molecule has 1 N–H and O–H groups in total. The second-order valence-corrected chi connectivity index (χ2v) is 7.35. The molecule has 29 heavy (non-hydrogen) atoms. The molecule has 0 fully saturated rings. The molecule has 0 radical (unpaired) electrons. The maximum atomic E-state index is 12.7. The third kappa shape index (κ3) is 4.83. The van der Waals surface area contributed by atoms with Gasteiger partial charge in [0.2, 0.25) is 5.75 Å². The zero-order chi connectivity index (χ0) is 21.6. The second kappa shape index (κ2) is 9.37. The number of benzene rings is 2. The van der Waals surface area contributed by atoms with Crippen molar-refractivity contribution in [3.8, 4) is 28.7 Å². The number of rotatable bonds is 9. The summed E-state index contributed by atoms with van der Waals surface area (Å²) >= 11 is 0. The van der Waals surface area contributed by atoms with Gasteiger partial charge in [0.05, 0.1) is 41.3 Å². The number of methoxy groups -OCH3 is 5. The van der Waals surface area contributed by atoms with Crippen molar-refractivity contribution >= 4 is 15.7 Å². The predicted octanol–water partition coefficient (Wildman–Crippen LogP) is 2.43. The zero-order valence-corrected chi connectivity index (χ0v) is 17.9. The molecule has 0 aliphatic heterocycles. The van der Waals surface area contributed by atoms with Crippen LogP contribution in [0.15, 0.2) is 40.3 Å². The van der Waals surface area contributed by atoms with E-state index in [-0.39, 0.29) is 10.6 Å². The van der Waals surface area contributed by atoms with Crippen LogP contribution < -0.4 is 28.5 Å². The summed E-state index contributed by atoms with van der Waals surface area (Å²) in [6, 6.07) is 7.79. The van der Waals surface area contributed by atoms with E-state index in [9.17, 15) is 8.42 Å². The van der Waals surface area contributed by atoms with Gasteiger partial charge < -0.3 is 23.7 Å². The smallest absolute Gasteiger partial charge is 0.280 e. The molecular weight excluding hydrogens is 400 g/mol. The molecule has 2 aromatic carbocycles. The Morgan fingerprint density at radius 1 is 0.828 bits per heavy atom. The van der Waals surface area contributed by atoms with E-state index in [4.69, 9.17) is 23.7 Å². The molecule has 0 amide bonds. The van der Waals surface area contributed by atoms with Gasteiger partial charge in [0, 0.05) is 11.6 Å². The van der Waals surface area contributed by atoms with E-state index in [0.29, 0.717) is 34.3 Å². The van der Waals surface area contributed by atoms with E-state index in [2.05, 4.69) is 9.93 Å². The lowest BCUT2D eigenvalue weighted by atomic mass is 10.1. The largest absolute Gasteiger partial charge is 0.497 e. The lowest BCUT2D eigenvalue weighted by Gasteiger charge is -2.14. The van der Waals surface area contributed by atoms with E-state index >= 15 is 0 Å². The summed E-state index contributed by atoms with van der Waals surface area (Å²) < 4.78 is 51.6. The van der Waals surface area contributed by atoms with Crippen LogP contribution in [0.5, 0.6) is 28.7 Å².